The van der Waals surface area contributed by atoms with Crippen LogP contribution >= 0.6 is 12.4 Å². The first kappa shape index (κ1) is 34.8. The van der Waals surface area contributed by atoms with Crippen molar-refractivity contribution >= 4 is 35.5 Å². The number of hydrogen-bond acceptors (Lipinski definition) is 7. The fraction of sp³-hybridized carbons (Fsp3) is 0.594. The van der Waals surface area contributed by atoms with Crippen molar-refractivity contribution in [3.63, 3.8) is 0 Å². The number of aliphatic hydroxyl groups excluding tert-OH is 1. The number of hydrogen-bond donors (Lipinski definition) is 2. The van der Waals surface area contributed by atoms with Gasteiger partial charge in [0.25, 0.3) is 0 Å². The number of alkyl halides is 3. The van der Waals surface area contributed by atoms with Gasteiger partial charge in [0, 0.05) is 68.2 Å². The number of aliphatic hydroxyl groups is 1. The van der Waals surface area contributed by atoms with Gasteiger partial charge in [0.05, 0.1) is 12.5 Å². The Morgan fingerprint density at radius 1 is 1.07 bits per heavy atom. The van der Waals surface area contributed by atoms with Crippen LogP contribution < -0.4 is 5.32 Å². The number of benzene rings is 1. The third-order valence-electron chi connectivity index (χ3n) is 8.24. The highest BCUT2D eigenvalue weighted by Gasteiger charge is 2.31. The molecule has 3 heterocycles. The maximum Gasteiger partial charge on any atom is 0.410 e. The lowest BCUT2D eigenvalue weighted by Gasteiger charge is -2.35. The van der Waals surface area contributed by atoms with Crippen molar-refractivity contribution in [2.45, 2.75) is 96.3 Å². The van der Waals surface area contributed by atoms with Gasteiger partial charge in [0.1, 0.15) is 11.2 Å². The number of rotatable bonds is 7. The van der Waals surface area contributed by atoms with E-state index < -0.39 is 24.2 Å². The van der Waals surface area contributed by atoms with Crippen LogP contribution in [0.4, 0.5) is 23.9 Å². The number of ether oxygens (including phenoxy) is 1. The normalized spacial score (nSPS) is 20.5. The molecule has 0 bridgehead atoms. The van der Waals surface area contributed by atoms with E-state index >= 15 is 0 Å². The molecule has 0 unspecified atom stereocenters. The number of fused-ring (bicyclic) bond motifs is 1. The van der Waals surface area contributed by atoms with Crippen molar-refractivity contribution in [3.05, 3.63) is 42.2 Å². The van der Waals surface area contributed by atoms with Gasteiger partial charge in [-0.2, -0.15) is 18.2 Å². The van der Waals surface area contributed by atoms with E-state index in [9.17, 15) is 23.1 Å². The molecule has 2 fully saturated rings. The minimum atomic E-state index is -4.28. The molecule has 1 atom stereocenters. The number of anilines is 1. The summed E-state index contributed by atoms with van der Waals surface area (Å²) in [6.45, 7) is 10.6. The van der Waals surface area contributed by atoms with Crippen LogP contribution in [0.2, 0.25) is 0 Å². The first-order chi connectivity index (χ1) is 20.7. The summed E-state index contributed by atoms with van der Waals surface area (Å²) in [7, 11) is 0. The lowest BCUT2D eigenvalue weighted by atomic mass is 9.93. The van der Waals surface area contributed by atoms with Crippen molar-refractivity contribution in [2.75, 3.05) is 31.5 Å². The van der Waals surface area contributed by atoms with Gasteiger partial charge in [-0.15, -0.1) is 12.4 Å². The molecule has 1 saturated heterocycles. The summed E-state index contributed by atoms with van der Waals surface area (Å²) < 4.78 is 46.4. The molecule has 0 spiro atoms. The van der Waals surface area contributed by atoms with Crippen molar-refractivity contribution < 1.29 is 27.8 Å². The van der Waals surface area contributed by atoms with Crippen molar-refractivity contribution in [1.82, 2.24) is 24.3 Å². The zero-order valence-electron chi connectivity index (χ0n) is 26.3. The molecule has 2 aliphatic rings. The maximum atomic E-state index is 12.9. The fourth-order valence-corrected chi connectivity index (χ4v) is 6.03. The highest BCUT2D eigenvalue weighted by atomic mass is 35.5. The molecule has 5 rings (SSSR count). The molecule has 3 aromatic rings. The lowest BCUT2D eigenvalue weighted by molar-refractivity contribution is -0.136. The lowest BCUT2D eigenvalue weighted by Crippen LogP contribution is -2.49. The van der Waals surface area contributed by atoms with Crippen LogP contribution in [0.3, 0.4) is 0 Å². The topological polar surface area (TPSA) is 95.8 Å². The van der Waals surface area contributed by atoms with Gasteiger partial charge in [-0.1, -0.05) is 24.3 Å². The second kappa shape index (κ2) is 14.1. The largest absolute Gasteiger partial charge is 0.444 e. The molecule has 2 aromatic heterocycles. The third kappa shape index (κ3) is 9.23. The first-order valence-corrected chi connectivity index (χ1v) is 15.4. The van der Waals surface area contributed by atoms with Crippen LogP contribution in [0, 0.1) is 0 Å². The Bertz CT molecular complexity index is 1430. The number of carbonyl (C=O) groups excluding carboxylic acids is 1. The molecule has 9 nitrogen and oxygen atoms in total. The Balaban J connectivity index is 0.00000461. The van der Waals surface area contributed by atoms with Crippen LogP contribution in [0.15, 0.2) is 36.7 Å². The fourth-order valence-electron chi connectivity index (χ4n) is 6.03. The highest BCUT2D eigenvalue weighted by molar-refractivity contribution is 5.94. The van der Waals surface area contributed by atoms with Crippen LogP contribution in [0.25, 0.3) is 22.2 Å². The average molecular weight is 653 g/mol. The Morgan fingerprint density at radius 3 is 2.31 bits per heavy atom. The van der Waals surface area contributed by atoms with E-state index in [-0.39, 0.29) is 36.6 Å². The van der Waals surface area contributed by atoms with Crippen molar-refractivity contribution in [1.29, 1.82) is 0 Å². The second-order valence-electron chi connectivity index (χ2n) is 13.1. The zero-order valence-corrected chi connectivity index (χ0v) is 27.1. The number of piperazine rings is 1. The molecular formula is C32H44ClF3N6O3. The second-order valence-corrected chi connectivity index (χ2v) is 13.1. The summed E-state index contributed by atoms with van der Waals surface area (Å²) in [4.78, 5) is 25.5. The van der Waals surface area contributed by atoms with E-state index in [1.165, 1.54) is 6.92 Å². The molecule has 1 aliphatic carbocycles. The summed E-state index contributed by atoms with van der Waals surface area (Å²) in [5, 5.41) is 13.7. The smallest absolute Gasteiger partial charge is 0.410 e. The molecule has 2 N–H and O–H groups in total. The SMILES string of the molecule is C[C@H](CC(F)(F)F)Nc1ncc2c(-c3ccc(CN4CCN(C(=O)OC(C)(C)C)CC4)cc3)cn(C3CCC(O)CC3)c2n1.Cl. The molecule has 1 amide bonds. The third-order valence-corrected chi connectivity index (χ3v) is 8.24. The molecule has 45 heavy (non-hydrogen) atoms. The van der Waals surface area contributed by atoms with Gasteiger partial charge in [0.15, 0.2) is 0 Å². The van der Waals surface area contributed by atoms with Gasteiger partial charge in [0.2, 0.25) is 5.95 Å². The number of nitrogens with zero attached hydrogens (tertiary/aromatic N) is 5. The Hall–Kier alpha value is -3.09. The van der Waals surface area contributed by atoms with Crippen molar-refractivity contribution in [2.24, 2.45) is 0 Å². The monoisotopic (exact) mass is 652 g/mol. The number of amides is 1. The number of aromatic nitrogens is 3. The standard InChI is InChI=1S/C32H43F3N6O3.ClH/c1-21(17-32(33,34)35)37-29-36-18-26-27(20-41(28(26)38-29)24-9-11-25(42)12-10-24)23-7-5-22(6-8-23)19-39-13-15-40(16-14-39)30(43)44-31(2,3)4;/h5-8,18,20-21,24-25,42H,9-17,19H2,1-4H3,(H,36,37,38);1H/t21-,24?,25?;/m1./s1. The minimum Gasteiger partial charge on any atom is -0.444 e. The first-order valence-electron chi connectivity index (χ1n) is 15.4. The van der Waals surface area contributed by atoms with Crippen LogP contribution in [0.5, 0.6) is 0 Å². The van der Waals surface area contributed by atoms with E-state index in [1.54, 1.807) is 11.1 Å². The predicted octanol–water partition coefficient (Wildman–Crippen LogP) is 6.80. The number of halogens is 4. The summed E-state index contributed by atoms with van der Waals surface area (Å²) in [6, 6.07) is 7.62. The molecule has 1 saturated carbocycles. The maximum absolute atomic E-state index is 12.9. The molecular weight excluding hydrogens is 609 g/mol. The molecule has 0 radical (unpaired) electrons. The summed E-state index contributed by atoms with van der Waals surface area (Å²) >= 11 is 0. The van der Waals surface area contributed by atoms with Crippen LogP contribution in [-0.2, 0) is 11.3 Å². The predicted molar refractivity (Wildman–Crippen MR) is 171 cm³/mol. The van der Waals surface area contributed by atoms with E-state index in [2.05, 4.69) is 55.2 Å². The van der Waals surface area contributed by atoms with Crippen LogP contribution in [-0.4, -0.2) is 85.6 Å². The minimum absolute atomic E-state index is 0. The average Bonchev–Trinajstić information content (AvgIpc) is 3.31. The molecule has 248 valence electrons. The Labute approximate surface area is 268 Å². The van der Waals surface area contributed by atoms with Gasteiger partial charge < -0.3 is 24.6 Å². The van der Waals surface area contributed by atoms with E-state index in [4.69, 9.17) is 4.74 Å². The molecule has 1 aliphatic heterocycles. The summed E-state index contributed by atoms with van der Waals surface area (Å²) in [5.41, 5.74) is 3.27. The molecule has 1 aromatic carbocycles. The van der Waals surface area contributed by atoms with Crippen LogP contribution in [0.1, 0.15) is 71.4 Å². The highest BCUT2D eigenvalue weighted by Crippen LogP contribution is 2.37. The van der Waals surface area contributed by atoms with Gasteiger partial charge in [-0.3, -0.25) is 4.90 Å². The number of nitrogens with one attached hydrogen (secondary N) is 1. The van der Waals surface area contributed by atoms with E-state index in [1.807, 2.05) is 20.8 Å². The zero-order chi connectivity index (χ0) is 31.6. The quantitative estimate of drug-likeness (QED) is 0.290. The molecule has 13 heteroatoms. The van der Waals surface area contributed by atoms with E-state index in [0.29, 0.717) is 31.6 Å². The van der Waals surface area contributed by atoms with E-state index in [0.717, 1.165) is 54.6 Å². The Morgan fingerprint density at radius 2 is 1.71 bits per heavy atom. The summed E-state index contributed by atoms with van der Waals surface area (Å²) in [6.07, 6.45) is 0.882. The number of carbonyl (C=O) groups is 1. The van der Waals surface area contributed by atoms with Crippen molar-refractivity contribution in [3.8, 4) is 11.1 Å². The van der Waals surface area contributed by atoms with Gasteiger partial charge in [-0.05, 0) is 64.5 Å². The summed E-state index contributed by atoms with van der Waals surface area (Å²) in [5.74, 6) is 0.165. The van der Waals surface area contributed by atoms with Gasteiger partial charge >= 0.3 is 12.3 Å². The van der Waals surface area contributed by atoms with Gasteiger partial charge in [-0.25, -0.2) is 9.78 Å². The Kier molecular flexibility index (Phi) is 10.9.